The minimum Gasteiger partial charge on any atom is -0.274 e. The maximum atomic E-state index is 14.0. The maximum Gasteiger partial charge on any atom is 0.259 e. The van der Waals surface area contributed by atoms with Crippen LogP contribution in [0, 0.1) is 6.92 Å². The van der Waals surface area contributed by atoms with Crippen molar-refractivity contribution in [3.05, 3.63) is 87.1 Å². The number of carbonyl (C=O) groups is 1. The molecule has 8 nitrogen and oxygen atoms in total. The molecule has 1 aliphatic heterocycles. The third-order valence-corrected chi connectivity index (χ3v) is 7.42. The quantitative estimate of drug-likeness (QED) is 0.413. The highest BCUT2D eigenvalue weighted by Gasteiger charge is 2.28. The van der Waals surface area contributed by atoms with Gasteiger partial charge in [-0.25, -0.2) is 9.94 Å². The molecule has 188 valence electrons. The Balaban J connectivity index is 1.50. The van der Waals surface area contributed by atoms with Gasteiger partial charge in [0.2, 0.25) is 11.7 Å². The summed E-state index contributed by atoms with van der Waals surface area (Å²) < 4.78 is 3.78. The molecule has 1 aliphatic carbocycles. The van der Waals surface area contributed by atoms with Crippen molar-refractivity contribution in [1.29, 1.82) is 0 Å². The van der Waals surface area contributed by atoms with Gasteiger partial charge >= 0.3 is 0 Å². The van der Waals surface area contributed by atoms with Gasteiger partial charge in [0.25, 0.3) is 5.56 Å². The van der Waals surface area contributed by atoms with Crippen molar-refractivity contribution in [2.75, 3.05) is 0 Å². The zero-order valence-electron chi connectivity index (χ0n) is 21.2. The van der Waals surface area contributed by atoms with Crippen LogP contribution in [0.15, 0.2) is 58.4 Å². The first-order valence-corrected chi connectivity index (χ1v) is 13.1. The number of rotatable bonds is 7. The number of benzene rings is 2. The predicted molar refractivity (Wildman–Crippen MR) is 143 cm³/mol. The van der Waals surface area contributed by atoms with Gasteiger partial charge in [-0.1, -0.05) is 55.8 Å². The molecule has 3 heterocycles. The molecule has 1 amide bonds. The molecule has 1 saturated carbocycles. The van der Waals surface area contributed by atoms with Crippen molar-refractivity contribution < 1.29 is 4.79 Å². The van der Waals surface area contributed by atoms with Crippen LogP contribution in [0.25, 0.3) is 16.9 Å². The van der Waals surface area contributed by atoms with Crippen molar-refractivity contribution in [3.8, 4) is 11.1 Å². The zero-order chi connectivity index (χ0) is 25.5. The average Bonchev–Trinajstić information content (AvgIpc) is 3.48. The standard InChI is InChI=1S/C29H30N6O2/c1-3-8-26-24(28(37)34(21-11-7-12-21)29-30-18(2)33-35(26)29)16-19-13-14-22(20-9-5-4-6-10-20)23(15-19)25-17-27(36)32-31-25/h4-6,9-10,13-15,21H,3,7-8,11-12,16-17H2,1-2H3,(H,32,36). The molecular weight excluding hydrogens is 464 g/mol. The molecular formula is C29H30N6O2. The van der Waals surface area contributed by atoms with Crippen LogP contribution in [-0.2, 0) is 17.6 Å². The monoisotopic (exact) mass is 494 g/mol. The minimum absolute atomic E-state index is 0.0387. The van der Waals surface area contributed by atoms with Gasteiger partial charge in [-0.3, -0.25) is 14.2 Å². The summed E-state index contributed by atoms with van der Waals surface area (Å²) in [4.78, 5) is 30.6. The first-order valence-electron chi connectivity index (χ1n) is 13.1. The van der Waals surface area contributed by atoms with E-state index >= 15 is 0 Å². The van der Waals surface area contributed by atoms with Crippen LogP contribution in [0.5, 0.6) is 0 Å². The molecule has 0 bridgehead atoms. The van der Waals surface area contributed by atoms with E-state index in [4.69, 9.17) is 5.10 Å². The summed E-state index contributed by atoms with van der Waals surface area (Å²) in [7, 11) is 0. The smallest absolute Gasteiger partial charge is 0.259 e. The van der Waals surface area contributed by atoms with Crippen molar-refractivity contribution in [2.24, 2.45) is 5.10 Å². The van der Waals surface area contributed by atoms with Crippen LogP contribution in [-0.4, -0.2) is 30.8 Å². The van der Waals surface area contributed by atoms with Gasteiger partial charge in [0.05, 0.1) is 17.8 Å². The summed E-state index contributed by atoms with van der Waals surface area (Å²) in [5, 5.41) is 9.01. The lowest BCUT2D eigenvalue weighted by Crippen LogP contribution is -2.34. The van der Waals surface area contributed by atoms with Gasteiger partial charge < -0.3 is 0 Å². The number of amides is 1. The summed E-state index contributed by atoms with van der Waals surface area (Å²) in [5.41, 5.74) is 9.03. The van der Waals surface area contributed by atoms with Gasteiger partial charge in [0.1, 0.15) is 5.82 Å². The highest BCUT2D eigenvalue weighted by atomic mass is 16.2. The van der Waals surface area contributed by atoms with E-state index in [0.717, 1.165) is 65.6 Å². The fourth-order valence-corrected chi connectivity index (χ4v) is 5.40. The highest BCUT2D eigenvalue weighted by molar-refractivity contribution is 6.16. The molecule has 0 atom stereocenters. The second-order valence-corrected chi connectivity index (χ2v) is 10.00. The van der Waals surface area contributed by atoms with E-state index in [2.05, 4.69) is 52.8 Å². The Hall–Kier alpha value is -4.07. The van der Waals surface area contributed by atoms with Crippen molar-refractivity contribution in [1.82, 2.24) is 24.6 Å². The van der Waals surface area contributed by atoms with Gasteiger partial charge in [-0.15, -0.1) is 0 Å². The molecule has 0 unspecified atom stereocenters. The van der Waals surface area contributed by atoms with Crippen molar-refractivity contribution in [3.63, 3.8) is 0 Å². The molecule has 6 rings (SSSR count). The van der Waals surface area contributed by atoms with E-state index in [9.17, 15) is 9.59 Å². The lowest BCUT2D eigenvalue weighted by Gasteiger charge is -2.29. The Labute approximate surface area is 215 Å². The Morgan fingerprint density at radius 3 is 2.54 bits per heavy atom. The van der Waals surface area contributed by atoms with E-state index in [1.807, 2.05) is 34.2 Å². The normalized spacial score (nSPS) is 15.6. The molecule has 2 aromatic heterocycles. The van der Waals surface area contributed by atoms with E-state index < -0.39 is 0 Å². The Kier molecular flexibility index (Phi) is 5.94. The van der Waals surface area contributed by atoms with Gasteiger partial charge in [-0.2, -0.15) is 15.2 Å². The zero-order valence-corrected chi connectivity index (χ0v) is 21.2. The average molecular weight is 495 g/mol. The number of hydrazone groups is 1. The molecule has 0 saturated heterocycles. The number of aryl methyl sites for hydroxylation is 2. The summed E-state index contributed by atoms with van der Waals surface area (Å²) in [5.74, 6) is 1.22. The lowest BCUT2D eigenvalue weighted by molar-refractivity contribution is -0.119. The number of carbonyl (C=O) groups excluding carboxylic acids is 1. The Morgan fingerprint density at radius 2 is 1.86 bits per heavy atom. The van der Waals surface area contributed by atoms with E-state index in [1.165, 1.54) is 0 Å². The van der Waals surface area contributed by atoms with Gasteiger partial charge in [0, 0.05) is 23.6 Å². The second-order valence-electron chi connectivity index (χ2n) is 10.00. The number of aromatic nitrogens is 4. The van der Waals surface area contributed by atoms with Crippen LogP contribution in [0.2, 0.25) is 0 Å². The molecule has 37 heavy (non-hydrogen) atoms. The first-order chi connectivity index (χ1) is 18.0. The molecule has 1 fully saturated rings. The summed E-state index contributed by atoms with van der Waals surface area (Å²) in [6, 6.07) is 16.5. The summed E-state index contributed by atoms with van der Waals surface area (Å²) in [6.07, 6.45) is 5.47. The third kappa shape index (κ3) is 4.16. The first kappa shape index (κ1) is 23.3. The van der Waals surface area contributed by atoms with Crippen molar-refractivity contribution in [2.45, 2.75) is 64.8 Å². The summed E-state index contributed by atoms with van der Waals surface area (Å²) >= 11 is 0. The molecule has 0 spiro atoms. The fourth-order valence-electron chi connectivity index (χ4n) is 5.40. The van der Waals surface area contributed by atoms with Crippen LogP contribution in [0.3, 0.4) is 0 Å². The minimum atomic E-state index is -0.111. The lowest BCUT2D eigenvalue weighted by atomic mass is 9.91. The van der Waals surface area contributed by atoms with E-state index in [0.29, 0.717) is 23.7 Å². The maximum absolute atomic E-state index is 14.0. The van der Waals surface area contributed by atoms with Gasteiger partial charge in [0.15, 0.2) is 0 Å². The largest absolute Gasteiger partial charge is 0.274 e. The topological polar surface area (TPSA) is 93.6 Å². The summed E-state index contributed by atoms with van der Waals surface area (Å²) in [6.45, 7) is 4.00. The fraction of sp³-hybridized carbons (Fsp3) is 0.345. The van der Waals surface area contributed by atoms with Crippen LogP contribution < -0.4 is 11.0 Å². The molecule has 2 aliphatic rings. The van der Waals surface area contributed by atoms with Crippen LogP contribution >= 0.6 is 0 Å². The van der Waals surface area contributed by atoms with E-state index in [1.54, 1.807) is 0 Å². The number of nitrogens with one attached hydrogen (secondary N) is 1. The van der Waals surface area contributed by atoms with E-state index in [-0.39, 0.29) is 23.9 Å². The molecule has 4 aromatic rings. The van der Waals surface area contributed by atoms with Crippen LogP contribution in [0.1, 0.15) is 73.3 Å². The number of hydrogen-bond donors (Lipinski definition) is 1. The molecule has 8 heteroatoms. The van der Waals surface area contributed by atoms with Crippen LogP contribution in [0.4, 0.5) is 0 Å². The van der Waals surface area contributed by atoms with Crippen molar-refractivity contribution >= 4 is 17.4 Å². The molecule has 1 N–H and O–H groups in total. The van der Waals surface area contributed by atoms with Gasteiger partial charge in [-0.05, 0) is 55.4 Å². The third-order valence-electron chi connectivity index (χ3n) is 7.42. The number of fused-ring (bicyclic) bond motifs is 1. The number of hydrogen-bond acceptors (Lipinski definition) is 5. The molecule has 0 radical (unpaired) electrons. The number of nitrogens with zero attached hydrogens (tertiary/aromatic N) is 5. The SMILES string of the molecule is CCCc1c(Cc2ccc(-c3ccccc3)c(C3=NNC(=O)C3)c2)c(=O)n(C2CCC2)c2nc(C)nn12. The molecule has 2 aromatic carbocycles. The Morgan fingerprint density at radius 1 is 1.05 bits per heavy atom. The highest BCUT2D eigenvalue weighted by Crippen LogP contribution is 2.33. The second kappa shape index (κ2) is 9.42. The predicted octanol–water partition coefficient (Wildman–Crippen LogP) is 4.36. The Bertz CT molecular complexity index is 1590.